The number of nitrogens with one attached hydrogen (secondary N) is 1. The molecule has 0 fully saturated rings. The summed E-state index contributed by atoms with van der Waals surface area (Å²) >= 11 is 0. The molecule has 0 radical (unpaired) electrons. The molecule has 1 N–H and O–H groups in total. The van der Waals surface area contributed by atoms with Crippen molar-refractivity contribution in [3.05, 3.63) is 29.3 Å². The zero-order chi connectivity index (χ0) is 15.7. The third-order valence-electron chi connectivity index (χ3n) is 3.34. The monoisotopic (exact) mass is 313 g/mol. The highest BCUT2D eigenvalue weighted by Gasteiger charge is 2.11. The van der Waals surface area contributed by atoms with E-state index in [9.17, 15) is 4.21 Å². The fraction of sp³-hybridized carbons (Fsp3) is 0.625. The molecule has 2 unspecified atom stereocenters. The standard InChI is InChI=1S/C16H27NO3S/c1-5-8-17-13(2)14-6-7-16(20-4)15(11-14)12-21(18)10-9-19-3/h6-7,11,13,17H,5,8-10,12H2,1-4H3. The third kappa shape index (κ3) is 6.16. The summed E-state index contributed by atoms with van der Waals surface area (Å²) in [4.78, 5) is 0. The molecule has 0 amide bonds. The Balaban J connectivity index is 2.82. The van der Waals surface area contributed by atoms with E-state index in [0.29, 0.717) is 18.1 Å². The van der Waals surface area contributed by atoms with E-state index in [1.165, 1.54) is 5.56 Å². The van der Waals surface area contributed by atoms with Gasteiger partial charge in [0.2, 0.25) is 0 Å². The summed E-state index contributed by atoms with van der Waals surface area (Å²) in [7, 11) is 2.34. The summed E-state index contributed by atoms with van der Waals surface area (Å²) in [5.74, 6) is 1.85. The van der Waals surface area contributed by atoms with Crippen LogP contribution in [0.2, 0.25) is 0 Å². The van der Waals surface area contributed by atoms with Crippen molar-refractivity contribution in [1.29, 1.82) is 0 Å². The first-order valence-corrected chi connectivity index (χ1v) is 8.85. The summed E-state index contributed by atoms with van der Waals surface area (Å²) in [5.41, 5.74) is 2.19. The van der Waals surface area contributed by atoms with Gasteiger partial charge in [-0.25, -0.2) is 0 Å². The van der Waals surface area contributed by atoms with Gasteiger partial charge in [0.25, 0.3) is 0 Å². The second kappa shape index (κ2) is 9.92. The molecule has 0 bridgehead atoms. The molecule has 21 heavy (non-hydrogen) atoms. The van der Waals surface area contributed by atoms with Crippen LogP contribution in [-0.2, 0) is 21.3 Å². The van der Waals surface area contributed by atoms with Crippen molar-refractivity contribution in [3.63, 3.8) is 0 Å². The van der Waals surface area contributed by atoms with Crippen LogP contribution in [0.3, 0.4) is 0 Å². The summed E-state index contributed by atoms with van der Waals surface area (Å²) in [6.45, 7) is 5.80. The Morgan fingerprint density at radius 1 is 1.33 bits per heavy atom. The van der Waals surface area contributed by atoms with Crippen molar-refractivity contribution in [2.24, 2.45) is 0 Å². The second-order valence-corrected chi connectivity index (χ2v) is 6.60. The Morgan fingerprint density at radius 2 is 2.10 bits per heavy atom. The van der Waals surface area contributed by atoms with Gasteiger partial charge in [-0.2, -0.15) is 0 Å². The van der Waals surface area contributed by atoms with Crippen LogP contribution in [-0.4, -0.2) is 37.3 Å². The molecular formula is C16H27NO3S. The molecule has 0 saturated heterocycles. The Hall–Kier alpha value is -0.910. The average Bonchev–Trinajstić information content (AvgIpc) is 2.50. The highest BCUT2D eigenvalue weighted by atomic mass is 32.2. The van der Waals surface area contributed by atoms with Gasteiger partial charge in [0, 0.05) is 35.3 Å². The van der Waals surface area contributed by atoms with Gasteiger partial charge in [-0.1, -0.05) is 13.0 Å². The predicted octanol–water partition coefficient (Wildman–Crippen LogP) is 2.65. The Bertz CT molecular complexity index is 451. The lowest BCUT2D eigenvalue weighted by atomic mass is 10.0. The highest BCUT2D eigenvalue weighted by Crippen LogP contribution is 2.24. The van der Waals surface area contributed by atoms with Crippen molar-refractivity contribution in [2.75, 3.05) is 33.1 Å². The van der Waals surface area contributed by atoms with Gasteiger partial charge in [-0.3, -0.25) is 4.21 Å². The minimum absolute atomic E-state index is 0.280. The molecule has 4 nitrogen and oxygen atoms in total. The molecule has 0 aliphatic carbocycles. The molecule has 0 spiro atoms. The zero-order valence-corrected chi connectivity index (χ0v) is 14.3. The van der Waals surface area contributed by atoms with E-state index in [4.69, 9.17) is 9.47 Å². The summed E-state index contributed by atoms with van der Waals surface area (Å²) < 4.78 is 22.4. The van der Waals surface area contributed by atoms with Gasteiger partial charge < -0.3 is 14.8 Å². The molecule has 0 aliphatic heterocycles. The van der Waals surface area contributed by atoms with E-state index >= 15 is 0 Å². The van der Waals surface area contributed by atoms with Crippen molar-refractivity contribution >= 4 is 10.8 Å². The maximum absolute atomic E-state index is 12.1. The highest BCUT2D eigenvalue weighted by molar-refractivity contribution is 7.84. The first kappa shape index (κ1) is 18.1. The maximum Gasteiger partial charge on any atom is 0.123 e. The summed E-state index contributed by atoms with van der Waals surface area (Å²) in [6.07, 6.45) is 1.11. The largest absolute Gasteiger partial charge is 0.496 e. The number of benzene rings is 1. The number of ether oxygens (including phenoxy) is 2. The molecule has 0 heterocycles. The molecule has 2 atom stereocenters. The van der Waals surface area contributed by atoms with Crippen molar-refractivity contribution in [2.45, 2.75) is 32.1 Å². The maximum atomic E-state index is 12.1. The van der Waals surface area contributed by atoms with Crippen LogP contribution in [0.25, 0.3) is 0 Å². The number of rotatable bonds is 10. The number of hydrogen-bond donors (Lipinski definition) is 1. The Kier molecular flexibility index (Phi) is 8.57. The first-order valence-electron chi connectivity index (χ1n) is 7.36. The van der Waals surface area contributed by atoms with E-state index in [0.717, 1.165) is 24.3 Å². The smallest absolute Gasteiger partial charge is 0.123 e. The minimum atomic E-state index is -0.935. The van der Waals surface area contributed by atoms with Crippen LogP contribution in [0.4, 0.5) is 0 Å². The van der Waals surface area contributed by atoms with E-state index in [2.05, 4.69) is 31.3 Å². The number of methoxy groups -OCH3 is 2. The molecule has 0 aliphatic rings. The fourth-order valence-corrected chi connectivity index (χ4v) is 3.15. The molecule has 1 rings (SSSR count). The zero-order valence-electron chi connectivity index (χ0n) is 13.5. The van der Waals surface area contributed by atoms with Gasteiger partial charge >= 0.3 is 0 Å². The molecular weight excluding hydrogens is 286 g/mol. The lowest BCUT2D eigenvalue weighted by Crippen LogP contribution is -2.19. The average molecular weight is 313 g/mol. The Labute approximate surface area is 130 Å². The molecule has 1 aromatic carbocycles. The molecule has 5 heteroatoms. The van der Waals surface area contributed by atoms with E-state index in [1.54, 1.807) is 14.2 Å². The van der Waals surface area contributed by atoms with Crippen LogP contribution in [0.1, 0.15) is 37.4 Å². The summed E-state index contributed by atoms with van der Waals surface area (Å²) in [5, 5.41) is 3.46. The lowest BCUT2D eigenvalue weighted by Gasteiger charge is -2.16. The first-order chi connectivity index (χ1) is 10.1. The van der Waals surface area contributed by atoms with Gasteiger partial charge in [0.1, 0.15) is 5.75 Å². The molecule has 0 aromatic heterocycles. The molecule has 120 valence electrons. The predicted molar refractivity (Wildman–Crippen MR) is 88.3 cm³/mol. The fourth-order valence-electron chi connectivity index (χ4n) is 2.08. The minimum Gasteiger partial charge on any atom is -0.496 e. The van der Waals surface area contributed by atoms with Crippen LogP contribution >= 0.6 is 0 Å². The van der Waals surface area contributed by atoms with Gasteiger partial charge in [-0.15, -0.1) is 0 Å². The van der Waals surface area contributed by atoms with Gasteiger partial charge in [0.05, 0.1) is 19.5 Å². The lowest BCUT2D eigenvalue weighted by molar-refractivity contribution is 0.218. The van der Waals surface area contributed by atoms with Crippen molar-refractivity contribution in [1.82, 2.24) is 5.32 Å². The topological polar surface area (TPSA) is 47.6 Å². The van der Waals surface area contributed by atoms with Crippen molar-refractivity contribution < 1.29 is 13.7 Å². The van der Waals surface area contributed by atoms with E-state index in [1.807, 2.05) is 6.07 Å². The second-order valence-electron chi connectivity index (χ2n) is 5.03. The van der Waals surface area contributed by atoms with Crippen LogP contribution in [0.15, 0.2) is 18.2 Å². The van der Waals surface area contributed by atoms with E-state index in [-0.39, 0.29) is 6.04 Å². The number of hydrogen-bond acceptors (Lipinski definition) is 4. The molecule has 0 saturated carbocycles. The quantitative estimate of drug-likeness (QED) is 0.721. The van der Waals surface area contributed by atoms with Crippen LogP contribution < -0.4 is 10.1 Å². The van der Waals surface area contributed by atoms with Gasteiger partial charge in [-0.05, 0) is 37.6 Å². The summed E-state index contributed by atoms with van der Waals surface area (Å²) in [6, 6.07) is 6.40. The van der Waals surface area contributed by atoms with Crippen molar-refractivity contribution in [3.8, 4) is 5.75 Å². The van der Waals surface area contributed by atoms with E-state index < -0.39 is 10.8 Å². The SMILES string of the molecule is CCCNC(C)c1ccc(OC)c(CS(=O)CCOC)c1. The Morgan fingerprint density at radius 3 is 2.71 bits per heavy atom. The van der Waals surface area contributed by atoms with Gasteiger partial charge in [0.15, 0.2) is 0 Å². The third-order valence-corrected chi connectivity index (χ3v) is 4.59. The van der Waals surface area contributed by atoms with Crippen LogP contribution in [0, 0.1) is 0 Å². The normalized spacial score (nSPS) is 13.9. The molecule has 1 aromatic rings. The van der Waals surface area contributed by atoms with Crippen LogP contribution in [0.5, 0.6) is 5.75 Å².